The third-order valence-corrected chi connectivity index (χ3v) is 6.42. The second-order valence-electron chi connectivity index (χ2n) is 9.57. The Morgan fingerprint density at radius 3 is 2.48 bits per heavy atom. The number of benzene rings is 2. The number of fused-ring (bicyclic) bond motifs is 1. The summed E-state index contributed by atoms with van der Waals surface area (Å²) in [4.78, 5) is 29.8. The van der Waals surface area contributed by atoms with E-state index in [2.05, 4.69) is 13.8 Å². The minimum Gasteiger partial charge on any atom is -0.507 e. The number of aliphatic hydroxyl groups is 1. The van der Waals surface area contributed by atoms with E-state index in [1.165, 1.54) is 5.56 Å². The molecule has 0 spiro atoms. The Balaban J connectivity index is 1.80. The van der Waals surface area contributed by atoms with Gasteiger partial charge < -0.3 is 19.6 Å². The number of rotatable bonds is 6. The van der Waals surface area contributed by atoms with E-state index in [-0.39, 0.29) is 17.4 Å². The Morgan fingerprint density at radius 2 is 1.85 bits per heavy atom. The highest BCUT2D eigenvalue weighted by molar-refractivity contribution is 6.46. The summed E-state index contributed by atoms with van der Waals surface area (Å²) >= 11 is 0. The van der Waals surface area contributed by atoms with E-state index in [0.29, 0.717) is 24.6 Å². The number of hydrogen-bond donors (Lipinski definition) is 1. The summed E-state index contributed by atoms with van der Waals surface area (Å²) in [5.41, 5.74) is 3.66. The molecule has 2 aliphatic rings. The monoisotopic (exact) mass is 448 g/mol. The van der Waals surface area contributed by atoms with Crippen LogP contribution in [0.2, 0.25) is 0 Å². The van der Waals surface area contributed by atoms with Gasteiger partial charge >= 0.3 is 0 Å². The lowest BCUT2D eigenvalue weighted by molar-refractivity contribution is -0.140. The zero-order valence-corrected chi connectivity index (χ0v) is 20.0. The summed E-state index contributed by atoms with van der Waals surface area (Å²) in [5, 5.41) is 11.3. The molecule has 174 valence electrons. The third kappa shape index (κ3) is 4.40. The number of amides is 1. The first-order valence-electron chi connectivity index (χ1n) is 11.5. The van der Waals surface area contributed by atoms with Gasteiger partial charge in [-0.1, -0.05) is 38.1 Å². The van der Waals surface area contributed by atoms with Gasteiger partial charge in [0, 0.05) is 25.1 Å². The summed E-state index contributed by atoms with van der Waals surface area (Å²) in [6.45, 7) is 7.24. The Kier molecular flexibility index (Phi) is 6.30. The van der Waals surface area contributed by atoms with Crippen LogP contribution in [0.5, 0.6) is 5.75 Å². The summed E-state index contributed by atoms with van der Waals surface area (Å²) in [6, 6.07) is 12.8. The van der Waals surface area contributed by atoms with Crippen LogP contribution in [0.3, 0.4) is 0 Å². The first-order valence-corrected chi connectivity index (χ1v) is 11.5. The average Bonchev–Trinajstić information content (AvgIpc) is 3.27. The van der Waals surface area contributed by atoms with E-state index in [4.69, 9.17) is 4.74 Å². The highest BCUT2D eigenvalue weighted by atomic mass is 16.5. The molecule has 0 aromatic heterocycles. The Morgan fingerprint density at radius 1 is 1.15 bits per heavy atom. The normalized spacial score (nSPS) is 21.7. The number of hydrogen-bond acceptors (Lipinski definition) is 5. The van der Waals surface area contributed by atoms with Crippen molar-refractivity contribution in [3.8, 4) is 5.75 Å². The molecule has 4 rings (SSSR count). The molecule has 2 aromatic carbocycles. The minimum absolute atomic E-state index is 0.0773. The van der Waals surface area contributed by atoms with Gasteiger partial charge in [0.1, 0.15) is 17.6 Å². The van der Waals surface area contributed by atoms with Crippen molar-refractivity contribution in [2.24, 2.45) is 0 Å². The lowest BCUT2D eigenvalue weighted by atomic mass is 9.92. The number of aliphatic hydroxyl groups excluding tert-OH is 1. The molecule has 1 N–H and O–H groups in total. The van der Waals surface area contributed by atoms with E-state index < -0.39 is 17.7 Å². The van der Waals surface area contributed by atoms with E-state index in [1.54, 1.807) is 11.0 Å². The number of ether oxygens (including phenoxy) is 1. The van der Waals surface area contributed by atoms with E-state index >= 15 is 0 Å². The fraction of sp³-hybridized carbons (Fsp3) is 0.407. The van der Waals surface area contributed by atoms with Crippen LogP contribution in [-0.4, -0.2) is 59.9 Å². The summed E-state index contributed by atoms with van der Waals surface area (Å²) in [5.74, 6) is -0.189. The van der Waals surface area contributed by atoms with Crippen LogP contribution in [0.1, 0.15) is 55.0 Å². The lowest BCUT2D eigenvalue weighted by Gasteiger charge is -2.27. The molecule has 0 aliphatic carbocycles. The standard InChI is InChI=1S/C27H32N2O4/c1-16(2)18-6-8-19(9-7-18)24-23(26(31)27(32)29(24)13-12-28(4)5)25(30)20-10-11-22-21(15-20)14-17(3)33-22/h6-11,15-17,24,30H,12-14H2,1-5H3/t17-,24+/m0/s1. The molecule has 6 heteroatoms. The maximum atomic E-state index is 13.2. The maximum absolute atomic E-state index is 13.2. The highest BCUT2D eigenvalue weighted by Gasteiger charge is 2.46. The summed E-state index contributed by atoms with van der Waals surface area (Å²) < 4.78 is 5.77. The highest BCUT2D eigenvalue weighted by Crippen LogP contribution is 2.40. The second-order valence-corrected chi connectivity index (χ2v) is 9.57. The zero-order valence-electron chi connectivity index (χ0n) is 20.0. The van der Waals surface area contributed by atoms with Gasteiger partial charge in [0.2, 0.25) is 0 Å². The van der Waals surface area contributed by atoms with Crippen molar-refractivity contribution in [1.29, 1.82) is 0 Å². The minimum atomic E-state index is -0.644. The Labute approximate surface area is 195 Å². The molecule has 1 fully saturated rings. The smallest absolute Gasteiger partial charge is 0.295 e. The van der Waals surface area contributed by atoms with Crippen LogP contribution < -0.4 is 4.74 Å². The second kappa shape index (κ2) is 9.02. The van der Waals surface area contributed by atoms with Crippen LogP contribution >= 0.6 is 0 Å². The molecular formula is C27H32N2O4. The van der Waals surface area contributed by atoms with Gasteiger partial charge in [-0.2, -0.15) is 0 Å². The fourth-order valence-corrected chi connectivity index (χ4v) is 4.55. The number of likely N-dealkylation sites (N-methyl/N-ethyl adjacent to an activating group) is 1. The molecule has 2 aromatic rings. The van der Waals surface area contributed by atoms with Crippen LogP contribution in [0.4, 0.5) is 0 Å². The van der Waals surface area contributed by atoms with Crippen LogP contribution in [-0.2, 0) is 16.0 Å². The van der Waals surface area contributed by atoms with Gasteiger partial charge in [0.25, 0.3) is 11.7 Å². The van der Waals surface area contributed by atoms with E-state index in [9.17, 15) is 14.7 Å². The van der Waals surface area contributed by atoms with Gasteiger partial charge in [-0.05, 0) is 61.8 Å². The van der Waals surface area contributed by atoms with Crippen molar-refractivity contribution < 1.29 is 19.4 Å². The van der Waals surface area contributed by atoms with E-state index in [0.717, 1.165) is 23.3 Å². The molecule has 6 nitrogen and oxygen atoms in total. The first kappa shape index (κ1) is 23.1. The summed E-state index contributed by atoms with van der Waals surface area (Å²) in [7, 11) is 3.85. The Hall–Kier alpha value is -3.12. The first-order chi connectivity index (χ1) is 15.7. The topological polar surface area (TPSA) is 70.1 Å². The molecule has 0 unspecified atom stereocenters. The van der Waals surface area contributed by atoms with Crippen LogP contribution in [0.25, 0.3) is 5.76 Å². The molecule has 2 aliphatic heterocycles. The molecule has 0 bridgehead atoms. The number of likely N-dealkylation sites (tertiary alicyclic amines) is 1. The summed E-state index contributed by atoms with van der Waals surface area (Å²) in [6.07, 6.45) is 0.821. The molecule has 0 radical (unpaired) electrons. The molecule has 1 amide bonds. The molecular weight excluding hydrogens is 416 g/mol. The zero-order chi connectivity index (χ0) is 23.9. The van der Waals surface area contributed by atoms with Crippen molar-refractivity contribution in [2.75, 3.05) is 27.2 Å². The average molecular weight is 449 g/mol. The van der Waals surface area contributed by atoms with Gasteiger partial charge in [0.15, 0.2) is 0 Å². The van der Waals surface area contributed by atoms with Crippen molar-refractivity contribution in [2.45, 2.75) is 45.3 Å². The molecule has 33 heavy (non-hydrogen) atoms. The maximum Gasteiger partial charge on any atom is 0.295 e. The van der Waals surface area contributed by atoms with E-state index in [1.807, 2.05) is 62.3 Å². The van der Waals surface area contributed by atoms with Gasteiger partial charge in [-0.3, -0.25) is 9.59 Å². The van der Waals surface area contributed by atoms with Gasteiger partial charge in [-0.25, -0.2) is 0 Å². The number of ketones is 1. The number of carbonyl (C=O) groups excluding carboxylic acids is 2. The Bertz CT molecular complexity index is 1100. The number of carbonyl (C=O) groups is 2. The third-order valence-electron chi connectivity index (χ3n) is 6.42. The van der Waals surface area contributed by atoms with Crippen LogP contribution in [0, 0.1) is 0 Å². The van der Waals surface area contributed by atoms with Crippen molar-refractivity contribution >= 4 is 17.4 Å². The van der Waals surface area contributed by atoms with Gasteiger partial charge in [0.05, 0.1) is 11.6 Å². The van der Waals surface area contributed by atoms with Gasteiger partial charge in [-0.15, -0.1) is 0 Å². The number of Topliss-reactive ketones (excluding diaryl/α,β-unsaturated/α-hetero) is 1. The van der Waals surface area contributed by atoms with Crippen molar-refractivity contribution in [3.05, 3.63) is 70.3 Å². The number of nitrogens with zero attached hydrogens (tertiary/aromatic N) is 2. The largest absolute Gasteiger partial charge is 0.507 e. The van der Waals surface area contributed by atoms with Crippen molar-refractivity contribution in [3.63, 3.8) is 0 Å². The molecule has 2 heterocycles. The molecule has 1 saturated heterocycles. The quantitative estimate of drug-likeness (QED) is 0.409. The lowest BCUT2D eigenvalue weighted by Crippen LogP contribution is -2.35. The predicted molar refractivity (Wildman–Crippen MR) is 128 cm³/mol. The van der Waals surface area contributed by atoms with Crippen LogP contribution in [0.15, 0.2) is 48.0 Å². The molecule has 0 saturated carbocycles. The van der Waals surface area contributed by atoms with Crippen molar-refractivity contribution in [1.82, 2.24) is 9.80 Å². The molecule has 2 atom stereocenters. The SMILES string of the molecule is CC(C)c1ccc([C@@H]2C(=C(O)c3ccc4c(c3)C[C@H](C)O4)C(=O)C(=O)N2CCN(C)C)cc1. The fourth-order valence-electron chi connectivity index (χ4n) is 4.55. The predicted octanol–water partition coefficient (Wildman–Crippen LogP) is 4.12.